The Morgan fingerprint density at radius 1 is 0.938 bits per heavy atom. The molecular weight excluding hydrogens is 442 g/mol. The monoisotopic (exact) mass is 473 g/mol. The molecule has 1 heterocycles. The number of rotatable bonds is 8. The van der Waals surface area contributed by atoms with E-state index in [0.29, 0.717) is 18.3 Å². The van der Waals surface area contributed by atoms with Gasteiger partial charge < -0.3 is 18.8 Å². The van der Waals surface area contributed by atoms with Gasteiger partial charge in [-0.05, 0) is 36.3 Å². The van der Waals surface area contributed by atoms with E-state index in [4.69, 9.17) is 25.5 Å². The molecule has 0 unspecified atom stereocenters. The van der Waals surface area contributed by atoms with Crippen molar-refractivity contribution in [2.45, 2.75) is 38.9 Å². The van der Waals surface area contributed by atoms with Crippen LogP contribution in [0, 0.1) is 0 Å². The molecule has 0 aliphatic rings. The summed E-state index contributed by atoms with van der Waals surface area (Å²) in [7, 11) is 1.42. The molecule has 0 bridgehead atoms. The van der Waals surface area contributed by atoms with Crippen LogP contribution >= 0.6 is 11.6 Å². The predicted molar refractivity (Wildman–Crippen MR) is 134 cm³/mol. The molecule has 8 heteroatoms. The average molecular weight is 474 g/mol. The van der Waals surface area contributed by atoms with Crippen LogP contribution < -0.4 is 14.4 Å². The van der Waals surface area contributed by atoms with E-state index >= 15 is 0 Å². The second kappa shape index (κ2) is 9.64. The minimum absolute atomic E-state index is 0.145. The summed E-state index contributed by atoms with van der Waals surface area (Å²) < 4.78 is 17.5. The van der Waals surface area contributed by atoms with Gasteiger partial charge in [-0.25, -0.2) is 4.98 Å². The number of anilines is 2. The number of hydrogen-bond donors (Lipinski definition) is 0. The van der Waals surface area contributed by atoms with Crippen LogP contribution in [0.4, 0.5) is 11.4 Å². The summed E-state index contributed by atoms with van der Waals surface area (Å²) in [5.41, 5.74) is 3.43. The summed E-state index contributed by atoms with van der Waals surface area (Å²) in [5.74, 6) is 1.44. The van der Waals surface area contributed by atoms with Crippen molar-refractivity contribution in [1.82, 2.24) is 9.97 Å². The highest BCUT2D eigenvalue weighted by Gasteiger charge is 2.37. The molecule has 0 aliphatic heterocycles. The number of benzene rings is 2. The highest BCUT2D eigenvalue weighted by Crippen LogP contribution is 2.37. The van der Waals surface area contributed by atoms with Crippen molar-refractivity contribution in [3.05, 3.63) is 47.7 Å². The van der Waals surface area contributed by atoms with Crippen LogP contribution in [-0.4, -0.2) is 45.7 Å². The molecule has 0 radical (unpaired) electrons. The molecule has 0 aliphatic carbocycles. The quantitative estimate of drug-likeness (QED) is 0.350. The van der Waals surface area contributed by atoms with Gasteiger partial charge in [-0.15, -0.1) is 0 Å². The van der Waals surface area contributed by atoms with Crippen molar-refractivity contribution in [3.8, 4) is 11.5 Å². The largest absolute Gasteiger partial charge is 0.497 e. The zero-order valence-corrected chi connectivity index (χ0v) is 21.7. The van der Waals surface area contributed by atoms with Gasteiger partial charge in [0.1, 0.15) is 16.7 Å². The molecule has 0 atom stereocenters. The molecule has 0 amide bonds. The van der Waals surface area contributed by atoms with Crippen molar-refractivity contribution in [3.63, 3.8) is 0 Å². The van der Waals surface area contributed by atoms with E-state index in [1.807, 2.05) is 36.4 Å². The maximum Gasteiger partial charge on any atom is 0.192 e. The van der Waals surface area contributed by atoms with E-state index in [1.165, 1.54) is 0 Å². The Labute approximate surface area is 196 Å². The molecule has 2 aromatic carbocycles. The van der Waals surface area contributed by atoms with E-state index in [-0.39, 0.29) is 5.04 Å². The number of nitrogens with zero attached hydrogens (tertiary/aromatic N) is 3. The van der Waals surface area contributed by atoms with Crippen LogP contribution in [0.5, 0.6) is 11.5 Å². The van der Waals surface area contributed by atoms with Crippen molar-refractivity contribution >= 4 is 42.3 Å². The van der Waals surface area contributed by atoms with Crippen molar-refractivity contribution in [2.75, 3.05) is 32.3 Å². The summed E-state index contributed by atoms with van der Waals surface area (Å²) in [4.78, 5) is 11.0. The second-order valence-corrected chi connectivity index (χ2v) is 14.4. The van der Waals surface area contributed by atoms with Gasteiger partial charge >= 0.3 is 0 Å². The summed E-state index contributed by atoms with van der Waals surface area (Å²) in [6.45, 7) is 12.5. The zero-order chi connectivity index (χ0) is 23.5. The molecule has 172 valence electrons. The second-order valence-electron chi connectivity index (χ2n) is 9.20. The van der Waals surface area contributed by atoms with E-state index in [2.05, 4.69) is 48.7 Å². The number of aromatic nitrogens is 2. The first-order chi connectivity index (χ1) is 15.0. The zero-order valence-electron chi connectivity index (χ0n) is 19.9. The maximum atomic E-state index is 6.47. The van der Waals surface area contributed by atoms with E-state index in [9.17, 15) is 0 Å². The molecule has 6 nitrogen and oxygen atoms in total. The SMILES string of the molecule is COc1cc(OC)cc(N(CCO[Si](C)(C)C(C)(C)C)c2ccc3ncc(Cl)nc3c2)c1. The van der Waals surface area contributed by atoms with Gasteiger partial charge in [-0.2, -0.15) is 0 Å². The van der Waals surface area contributed by atoms with Gasteiger partial charge in [0.15, 0.2) is 8.32 Å². The summed E-state index contributed by atoms with van der Waals surface area (Å²) >= 11 is 6.09. The molecule has 0 fully saturated rings. The molecule has 32 heavy (non-hydrogen) atoms. The van der Waals surface area contributed by atoms with E-state index < -0.39 is 8.32 Å². The van der Waals surface area contributed by atoms with E-state index in [1.54, 1.807) is 20.4 Å². The average Bonchev–Trinajstić information content (AvgIpc) is 2.75. The van der Waals surface area contributed by atoms with Gasteiger partial charge in [0.2, 0.25) is 0 Å². The minimum atomic E-state index is -1.88. The van der Waals surface area contributed by atoms with Crippen LogP contribution in [0.15, 0.2) is 42.6 Å². The fourth-order valence-electron chi connectivity index (χ4n) is 3.11. The first-order valence-electron chi connectivity index (χ1n) is 10.6. The maximum absolute atomic E-state index is 6.47. The van der Waals surface area contributed by atoms with Gasteiger partial charge in [0.25, 0.3) is 0 Å². The fraction of sp³-hybridized carbons (Fsp3) is 0.417. The smallest absolute Gasteiger partial charge is 0.192 e. The number of fused-ring (bicyclic) bond motifs is 1. The third kappa shape index (κ3) is 5.52. The third-order valence-electron chi connectivity index (χ3n) is 6.04. The Kier molecular flexibility index (Phi) is 7.32. The van der Waals surface area contributed by atoms with Gasteiger partial charge in [0, 0.05) is 36.1 Å². The molecular formula is C24H32ClN3O3Si. The lowest BCUT2D eigenvalue weighted by atomic mass is 10.2. The predicted octanol–water partition coefficient (Wildman–Crippen LogP) is 6.46. The Morgan fingerprint density at radius 2 is 1.59 bits per heavy atom. The van der Waals surface area contributed by atoms with Crippen LogP contribution in [-0.2, 0) is 4.43 Å². The highest BCUT2D eigenvalue weighted by atomic mass is 35.5. The number of ether oxygens (including phenoxy) is 2. The van der Waals surface area contributed by atoms with Gasteiger partial charge in [-0.3, -0.25) is 4.98 Å². The van der Waals surface area contributed by atoms with Crippen molar-refractivity contribution < 1.29 is 13.9 Å². The Morgan fingerprint density at radius 3 is 2.19 bits per heavy atom. The Bertz CT molecular complexity index is 1060. The van der Waals surface area contributed by atoms with Crippen molar-refractivity contribution in [2.24, 2.45) is 0 Å². The molecule has 0 spiro atoms. The summed E-state index contributed by atoms with van der Waals surface area (Å²) in [6, 6.07) is 11.8. The van der Waals surface area contributed by atoms with E-state index in [0.717, 1.165) is 33.9 Å². The number of methoxy groups -OCH3 is 2. The third-order valence-corrected chi connectivity index (χ3v) is 10.8. The molecule has 1 aromatic heterocycles. The van der Waals surface area contributed by atoms with Crippen LogP contribution in [0.1, 0.15) is 20.8 Å². The highest BCUT2D eigenvalue weighted by molar-refractivity contribution is 6.74. The normalized spacial score (nSPS) is 12.1. The molecule has 0 N–H and O–H groups in total. The Balaban J connectivity index is 2.00. The fourth-order valence-corrected chi connectivity index (χ4v) is 4.28. The molecule has 0 saturated heterocycles. The van der Waals surface area contributed by atoms with Crippen molar-refractivity contribution in [1.29, 1.82) is 0 Å². The molecule has 3 aromatic rings. The lowest BCUT2D eigenvalue weighted by molar-refractivity contribution is 0.297. The lowest BCUT2D eigenvalue weighted by Gasteiger charge is -2.37. The summed E-state index contributed by atoms with van der Waals surface area (Å²) in [5, 5.41) is 0.511. The standard InChI is InChI=1S/C24H32ClN3O3Si/c1-24(2,3)32(6,7)31-11-10-28(18-12-19(29-4)15-20(13-18)30-5)17-8-9-21-22(14-17)27-23(25)16-26-21/h8-9,12-16H,10-11H2,1-7H3. The van der Waals surface area contributed by atoms with Gasteiger partial charge in [-0.1, -0.05) is 32.4 Å². The lowest BCUT2D eigenvalue weighted by Crippen LogP contribution is -2.42. The Hall–Kier alpha value is -2.35. The number of hydrogen-bond acceptors (Lipinski definition) is 6. The first kappa shape index (κ1) is 24.3. The topological polar surface area (TPSA) is 56.7 Å². The minimum Gasteiger partial charge on any atom is -0.497 e. The van der Waals surface area contributed by atoms with Gasteiger partial charge in [0.05, 0.1) is 38.1 Å². The van der Waals surface area contributed by atoms with Crippen LogP contribution in [0.2, 0.25) is 23.3 Å². The molecule has 3 rings (SSSR count). The van der Waals surface area contributed by atoms with Crippen LogP contribution in [0.3, 0.4) is 0 Å². The summed E-state index contributed by atoms with van der Waals surface area (Å²) in [6.07, 6.45) is 1.56. The number of halogens is 1. The first-order valence-corrected chi connectivity index (χ1v) is 13.9. The van der Waals surface area contributed by atoms with Crippen LogP contribution in [0.25, 0.3) is 11.0 Å². The molecule has 0 saturated carbocycles.